The first kappa shape index (κ1) is 27.7. The minimum Gasteiger partial charge on any atom is -0.481 e. The third kappa shape index (κ3) is 19.1. The van der Waals surface area contributed by atoms with Crippen LogP contribution in [-0.2, 0) is 28.5 Å². The highest BCUT2D eigenvalue weighted by Crippen LogP contribution is 2.29. The van der Waals surface area contributed by atoms with E-state index >= 15 is 0 Å². The number of amides is 1. The number of aliphatic carboxylic acids is 1. The van der Waals surface area contributed by atoms with Crippen molar-refractivity contribution in [2.45, 2.75) is 24.3 Å². The van der Waals surface area contributed by atoms with Crippen LogP contribution in [-0.4, -0.2) is 87.1 Å². The first-order valence-electron chi connectivity index (χ1n) is 10.2. The molecule has 176 valence electrons. The molecule has 0 saturated carbocycles. The highest BCUT2D eigenvalue weighted by Gasteiger charge is 2.02. The predicted molar refractivity (Wildman–Crippen MR) is 120 cm³/mol. The van der Waals surface area contributed by atoms with Crippen LogP contribution in [0.4, 0.5) is 0 Å². The Morgan fingerprint density at radius 2 is 1.55 bits per heavy atom. The number of hydrogen-bond donors (Lipinski definition) is 2. The molecule has 0 unspecified atom stereocenters. The number of rotatable bonds is 21. The average Bonchev–Trinajstić information content (AvgIpc) is 2.77. The van der Waals surface area contributed by atoms with Gasteiger partial charge in [-0.3, -0.25) is 9.59 Å². The summed E-state index contributed by atoms with van der Waals surface area (Å²) in [4.78, 5) is 26.3. The van der Waals surface area contributed by atoms with Gasteiger partial charge in [0.2, 0.25) is 5.91 Å². The zero-order valence-corrected chi connectivity index (χ0v) is 19.3. The second-order valence-corrected chi connectivity index (χ2v) is 8.56. The van der Waals surface area contributed by atoms with E-state index in [9.17, 15) is 9.59 Å². The standard InChI is InChI=1S/C20H32N2O7S2/c23-18(6-17-30-31-19-4-1-2-7-22-19)21-8-10-27-12-14-29-16-15-28-13-11-26-9-3-5-20(24)25/h1-2,4,7H,3,5-6,8-17H2,(H,21,23)(H,24,25). The second kappa shape index (κ2) is 20.5. The number of ether oxygens (including phenoxy) is 4. The summed E-state index contributed by atoms with van der Waals surface area (Å²) in [7, 11) is 3.17. The molecule has 0 aliphatic carbocycles. The van der Waals surface area contributed by atoms with Crippen molar-refractivity contribution in [3.63, 3.8) is 0 Å². The fourth-order valence-corrected chi connectivity index (χ4v) is 3.94. The van der Waals surface area contributed by atoms with Gasteiger partial charge in [-0.25, -0.2) is 4.98 Å². The maximum Gasteiger partial charge on any atom is 0.303 e. The van der Waals surface area contributed by atoms with Crippen molar-refractivity contribution in [1.82, 2.24) is 10.3 Å². The zero-order chi connectivity index (χ0) is 22.4. The lowest BCUT2D eigenvalue weighted by molar-refractivity contribution is -0.137. The molecular weight excluding hydrogens is 444 g/mol. The van der Waals surface area contributed by atoms with Crippen molar-refractivity contribution in [3.8, 4) is 0 Å². The van der Waals surface area contributed by atoms with Gasteiger partial charge in [0.05, 0.1) is 46.2 Å². The fraction of sp³-hybridized carbons (Fsp3) is 0.650. The Hall–Kier alpha value is -1.37. The van der Waals surface area contributed by atoms with E-state index in [-0.39, 0.29) is 12.3 Å². The van der Waals surface area contributed by atoms with Gasteiger partial charge in [-0.1, -0.05) is 16.9 Å². The van der Waals surface area contributed by atoms with E-state index in [0.717, 1.165) is 10.8 Å². The number of carboxylic acid groups (broad SMARTS) is 1. The molecule has 11 heteroatoms. The van der Waals surface area contributed by atoms with E-state index in [1.54, 1.807) is 27.8 Å². The largest absolute Gasteiger partial charge is 0.481 e. The molecule has 1 aromatic heterocycles. The molecule has 1 amide bonds. The Labute approximate surface area is 191 Å². The van der Waals surface area contributed by atoms with Gasteiger partial charge < -0.3 is 29.4 Å². The Bertz CT molecular complexity index is 582. The molecule has 1 rings (SSSR count). The molecule has 1 heterocycles. The molecule has 0 atom stereocenters. The van der Waals surface area contributed by atoms with E-state index in [4.69, 9.17) is 24.1 Å². The van der Waals surface area contributed by atoms with Gasteiger partial charge in [0, 0.05) is 37.9 Å². The highest BCUT2D eigenvalue weighted by atomic mass is 33.1. The van der Waals surface area contributed by atoms with E-state index in [2.05, 4.69) is 10.3 Å². The van der Waals surface area contributed by atoms with Gasteiger partial charge in [-0.15, -0.1) is 0 Å². The van der Waals surface area contributed by atoms with Crippen LogP contribution in [0.1, 0.15) is 19.3 Å². The quantitative estimate of drug-likeness (QED) is 0.202. The number of hydrogen-bond acceptors (Lipinski definition) is 9. The normalized spacial score (nSPS) is 10.8. The number of carbonyl (C=O) groups is 2. The van der Waals surface area contributed by atoms with Crippen LogP contribution < -0.4 is 5.32 Å². The number of nitrogens with one attached hydrogen (secondary N) is 1. The van der Waals surface area contributed by atoms with Crippen molar-refractivity contribution in [3.05, 3.63) is 24.4 Å². The zero-order valence-electron chi connectivity index (χ0n) is 17.7. The van der Waals surface area contributed by atoms with Gasteiger partial charge in [-0.2, -0.15) is 0 Å². The van der Waals surface area contributed by atoms with Gasteiger partial charge in [0.15, 0.2) is 0 Å². The summed E-state index contributed by atoms with van der Waals surface area (Å²) in [6.45, 7) is 4.09. The third-order valence-electron chi connectivity index (χ3n) is 3.56. The van der Waals surface area contributed by atoms with Crippen molar-refractivity contribution in [1.29, 1.82) is 0 Å². The molecule has 0 aliphatic heterocycles. The van der Waals surface area contributed by atoms with Crippen molar-refractivity contribution in [2.24, 2.45) is 0 Å². The number of pyridine rings is 1. The smallest absolute Gasteiger partial charge is 0.303 e. The summed E-state index contributed by atoms with van der Waals surface area (Å²) >= 11 is 0. The number of aromatic nitrogens is 1. The number of carboxylic acids is 1. The molecule has 0 radical (unpaired) electrons. The third-order valence-corrected chi connectivity index (χ3v) is 5.83. The molecule has 9 nitrogen and oxygen atoms in total. The molecule has 1 aromatic rings. The predicted octanol–water partition coefficient (Wildman–Crippen LogP) is 2.26. The van der Waals surface area contributed by atoms with Gasteiger partial charge in [-0.05, 0) is 29.3 Å². The second-order valence-electron chi connectivity index (χ2n) is 6.12. The van der Waals surface area contributed by atoms with Crippen LogP contribution >= 0.6 is 21.6 Å². The van der Waals surface area contributed by atoms with Crippen LogP contribution in [0.2, 0.25) is 0 Å². The molecule has 31 heavy (non-hydrogen) atoms. The Kier molecular flexibility index (Phi) is 18.3. The van der Waals surface area contributed by atoms with E-state index in [1.807, 2.05) is 18.2 Å². The van der Waals surface area contributed by atoms with Gasteiger partial charge >= 0.3 is 5.97 Å². The van der Waals surface area contributed by atoms with Crippen LogP contribution in [0.25, 0.3) is 0 Å². The van der Waals surface area contributed by atoms with E-state index in [1.165, 1.54) is 0 Å². The summed E-state index contributed by atoms with van der Waals surface area (Å²) in [6, 6.07) is 5.75. The molecule has 0 saturated heterocycles. The minimum atomic E-state index is -0.813. The summed E-state index contributed by atoms with van der Waals surface area (Å²) in [5.74, 6) is -0.0785. The van der Waals surface area contributed by atoms with Crippen molar-refractivity contribution < 1.29 is 33.6 Å². The van der Waals surface area contributed by atoms with Crippen LogP contribution in [0.3, 0.4) is 0 Å². The van der Waals surface area contributed by atoms with Crippen molar-refractivity contribution in [2.75, 3.05) is 65.2 Å². The van der Waals surface area contributed by atoms with Crippen LogP contribution in [0, 0.1) is 0 Å². The topological polar surface area (TPSA) is 116 Å². The summed E-state index contributed by atoms with van der Waals surface area (Å²) < 4.78 is 21.4. The molecule has 0 spiro atoms. The van der Waals surface area contributed by atoms with Crippen molar-refractivity contribution >= 4 is 33.5 Å². The van der Waals surface area contributed by atoms with Crippen LogP contribution in [0.15, 0.2) is 29.4 Å². The summed E-state index contributed by atoms with van der Waals surface area (Å²) in [6.07, 6.45) is 2.84. The maximum absolute atomic E-state index is 11.7. The number of nitrogens with zero attached hydrogens (tertiary/aromatic N) is 1. The lowest BCUT2D eigenvalue weighted by atomic mass is 10.3. The Balaban J connectivity index is 1.74. The molecule has 0 aliphatic rings. The van der Waals surface area contributed by atoms with Gasteiger partial charge in [0.1, 0.15) is 5.03 Å². The Morgan fingerprint density at radius 3 is 2.16 bits per heavy atom. The van der Waals surface area contributed by atoms with Crippen LogP contribution in [0.5, 0.6) is 0 Å². The van der Waals surface area contributed by atoms with E-state index < -0.39 is 5.97 Å². The summed E-state index contributed by atoms with van der Waals surface area (Å²) in [5, 5.41) is 12.2. The SMILES string of the molecule is O=C(O)CCCOCCOCCOCCOCCNC(=O)CCSSc1ccccn1. The molecular formula is C20H32N2O7S2. The monoisotopic (exact) mass is 476 g/mol. The highest BCUT2D eigenvalue weighted by molar-refractivity contribution is 8.76. The fourth-order valence-electron chi connectivity index (χ4n) is 2.07. The van der Waals surface area contributed by atoms with E-state index in [0.29, 0.717) is 72.2 Å². The minimum absolute atomic E-state index is 0.0111. The molecule has 0 fully saturated rings. The molecule has 2 N–H and O–H groups in total. The average molecular weight is 477 g/mol. The summed E-state index contributed by atoms with van der Waals surface area (Å²) in [5.41, 5.74) is 0. The lowest BCUT2D eigenvalue weighted by Gasteiger charge is -2.08. The first-order valence-corrected chi connectivity index (χ1v) is 12.5. The first-order chi connectivity index (χ1) is 15.2. The molecule has 0 aromatic carbocycles. The lowest BCUT2D eigenvalue weighted by Crippen LogP contribution is -2.27. The Morgan fingerprint density at radius 1 is 0.903 bits per heavy atom. The molecule has 0 bridgehead atoms. The maximum atomic E-state index is 11.7. The van der Waals surface area contributed by atoms with Gasteiger partial charge in [0.25, 0.3) is 0 Å². The number of carbonyl (C=O) groups excluding carboxylic acids is 1.